The van der Waals surface area contributed by atoms with E-state index in [1.807, 2.05) is 0 Å². The molecule has 0 aliphatic carbocycles. The van der Waals surface area contributed by atoms with Gasteiger partial charge in [0.1, 0.15) is 24.4 Å². The SMILES string of the molecule is O.O=C[C@H](O)[C@@H](O)[C@H](O)[C@H](O)CO.[CaH2]. The van der Waals surface area contributed by atoms with Crippen LogP contribution in [0.4, 0.5) is 0 Å². The van der Waals surface area contributed by atoms with Gasteiger partial charge in [0.25, 0.3) is 0 Å². The molecule has 0 fully saturated rings. The van der Waals surface area contributed by atoms with E-state index in [1.165, 1.54) is 0 Å². The third-order valence-corrected chi connectivity index (χ3v) is 1.42. The molecule has 0 spiro atoms. The molecular weight excluding hydrogens is 224 g/mol. The maximum absolute atomic E-state index is 9.90. The van der Waals surface area contributed by atoms with Crippen LogP contribution in [0.2, 0.25) is 0 Å². The molecule has 0 aromatic carbocycles. The minimum atomic E-state index is -1.79. The molecule has 7 nitrogen and oxygen atoms in total. The number of aliphatic hydroxyl groups excluding tert-OH is 5. The van der Waals surface area contributed by atoms with Gasteiger partial charge < -0.3 is 35.8 Å². The number of aliphatic hydroxyl groups is 5. The minimum absolute atomic E-state index is 0. The van der Waals surface area contributed by atoms with E-state index in [0.717, 1.165) is 0 Å². The first-order valence-corrected chi connectivity index (χ1v) is 3.33. The zero-order valence-electron chi connectivity index (χ0n) is 6.74. The van der Waals surface area contributed by atoms with Crippen molar-refractivity contribution in [2.24, 2.45) is 0 Å². The van der Waals surface area contributed by atoms with E-state index in [2.05, 4.69) is 0 Å². The maximum atomic E-state index is 9.90. The van der Waals surface area contributed by atoms with E-state index in [-0.39, 0.29) is 49.5 Å². The summed E-state index contributed by atoms with van der Waals surface area (Å²) >= 11 is 0. The van der Waals surface area contributed by atoms with Crippen LogP contribution in [0.25, 0.3) is 0 Å². The van der Waals surface area contributed by atoms with Crippen LogP contribution in [0.15, 0.2) is 0 Å². The number of hydrogen-bond acceptors (Lipinski definition) is 6. The second-order valence-corrected chi connectivity index (χ2v) is 2.36. The van der Waals surface area contributed by atoms with Crippen molar-refractivity contribution < 1.29 is 35.8 Å². The van der Waals surface area contributed by atoms with Gasteiger partial charge in [0.15, 0.2) is 6.29 Å². The monoisotopic (exact) mass is 240 g/mol. The van der Waals surface area contributed by atoms with Crippen LogP contribution in [-0.2, 0) is 4.79 Å². The summed E-state index contributed by atoms with van der Waals surface area (Å²) in [5.41, 5.74) is 0. The van der Waals surface area contributed by atoms with E-state index < -0.39 is 31.0 Å². The number of hydrogen-bond donors (Lipinski definition) is 5. The van der Waals surface area contributed by atoms with E-state index in [1.54, 1.807) is 0 Å². The predicted octanol–water partition coefficient (Wildman–Crippen LogP) is -5.12. The number of rotatable bonds is 5. The topological polar surface area (TPSA) is 150 Å². The van der Waals surface area contributed by atoms with E-state index in [4.69, 9.17) is 25.5 Å². The van der Waals surface area contributed by atoms with Crippen LogP contribution >= 0.6 is 0 Å². The molecule has 84 valence electrons. The molecule has 0 heterocycles. The summed E-state index contributed by atoms with van der Waals surface area (Å²) in [6, 6.07) is 0. The summed E-state index contributed by atoms with van der Waals surface area (Å²) in [7, 11) is 0. The van der Waals surface area contributed by atoms with Gasteiger partial charge in [-0.2, -0.15) is 0 Å². The molecule has 0 radical (unpaired) electrons. The van der Waals surface area contributed by atoms with Gasteiger partial charge in [-0.25, -0.2) is 0 Å². The van der Waals surface area contributed by atoms with Gasteiger partial charge in [-0.1, -0.05) is 0 Å². The summed E-state index contributed by atoms with van der Waals surface area (Å²) in [4.78, 5) is 9.90. The fraction of sp³-hybridized carbons (Fsp3) is 0.833. The van der Waals surface area contributed by atoms with E-state index >= 15 is 0 Å². The Kier molecular flexibility index (Phi) is 14.7. The summed E-state index contributed by atoms with van der Waals surface area (Å²) in [6.45, 7) is -0.760. The average molecular weight is 240 g/mol. The van der Waals surface area contributed by atoms with Crippen molar-refractivity contribution in [3.63, 3.8) is 0 Å². The van der Waals surface area contributed by atoms with E-state index in [9.17, 15) is 4.79 Å². The first-order chi connectivity index (χ1) is 5.54. The van der Waals surface area contributed by atoms with Crippen molar-refractivity contribution in [2.45, 2.75) is 24.4 Å². The van der Waals surface area contributed by atoms with Crippen LogP contribution in [-0.4, -0.2) is 106 Å². The molecule has 14 heavy (non-hydrogen) atoms. The van der Waals surface area contributed by atoms with Gasteiger partial charge in [0.05, 0.1) is 6.61 Å². The number of aldehydes is 1. The Labute approximate surface area is 110 Å². The van der Waals surface area contributed by atoms with Gasteiger partial charge in [0.2, 0.25) is 0 Å². The molecule has 0 aliphatic heterocycles. The van der Waals surface area contributed by atoms with E-state index in [0.29, 0.717) is 0 Å². The Bertz CT molecular complexity index is 144. The quantitative estimate of drug-likeness (QED) is 0.239. The molecular formula is C6H16CaO7. The van der Waals surface area contributed by atoms with Crippen molar-refractivity contribution in [1.29, 1.82) is 0 Å². The first-order valence-electron chi connectivity index (χ1n) is 3.33. The van der Waals surface area contributed by atoms with Crippen LogP contribution in [0, 0.1) is 0 Å². The van der Waals surface area contributed by atoms with Gasteiger partial charge in [-0.15, -0.1) is 0 Å². The summed E-state index contributed by atoms with van der Waals surface area (Å²) < 4.78 is 0. The Hall–Kier alpha value is 0.690. The van der Waals surface area contributed by atoms with Crippen molar-refractivity contribution in [3.8, 4) is 0 Å². The second-order valence-electron chi connectivity index (χ2n) is 2.36. The molecule has 0 saturated carbocycles. The normalized spacial score (nSPS) is 18.1. The molecule has 8 heteroatoms. The van der Waals surface area contributed by atoms with Crippen LogP contribution in [0.1, 0.15) is 0 Å². The predicted molar refractivity (Wildman–Crippen MR) is 49.3 cm³/mol. The fourth-order valence-electron chi connectivity index (χ4n) is 0.618. The summed E-state index contributed by atoms with van der Waals surface area (Å²) in [5, 5.41) is 43.5. The molecule has 0 saturated heterocycles. The van der Waals surface area contributed by atoms with Gasteiger partial charge in [-0.3, -0.25) is 0 Å². The Morgan fingerprint density at radius 2 is 1.50 bits per heavy atom. The van der Waals surface area contributed by atoms with Crippen LogP contribution in [0.5, 0.6) is 0 Å². The first kappa shape index (κ1) is 20.1. The summed E-state index contributed by atoms with van der Waals surface area (Å²) in [5.74, 6) is 0. The molecule has 0 aromatic rings. The third-order valence-electron chi connectivity index (χ3n) is 1.42. The Morgan fingerprint density at radius 1 is 1.07 bits per heavy atom. The van der Waals surface area contributed by atoms with Gasteiger partial charge in [-0.05, 0) is 0 Å². The van der Waals surface area contributed by atoms with Gasteiger partial charge >= 0.3 is 37.7 Å². The molecule has 0 aliphatic rings. The standard InChI is InChI=1S/C6H12O6.Ca.H2O.2H/c7-1-3(9)5(11)6(12)4(10)2-8;;;;/h1,3-6,8-12H,2H2;;1H2;;/t3-,4+,5+,6+;;;;/m0..../s1. The van der Waals surface area contributed by atoms with Crippen LogP contribution < -0.4 is 0 Å². The van der Waals surface area contributed by atoms with Gasteiger partial charge in [0, 0.05) is 0 Å². The molecule has 7 N–H and O–H groups in total. The van der Waals surface area contributed by atoms with Crippen molar-refractivity contribution in [1.82, 2.24) is 0 Å². The molecule has 4 atom stereocenters. The second kappa shape index (κ2) is 10.2. The zero-order valence-corrected chi connectivity index (χ0v) is 6.74. The van der Waals surface area contributed by atoms with Crippen molar-refractivity contribution in [3.05, 3.63) is 0 Å². The fourth-order valence-corrected chi connectivity index (χ4v) is 0.618. The molecule has 0 unspecified atom stereocenters. The Balaban J connectivity index is -0.000000605. The zero-order chi connectivity index (χ0) is 9.72. The Morgan fingerprint density at radius 3 is 1.79 bits per heavy atom. The molecule has 0 aromatic heterocycles. The average Bonchev–Trinajstić information content (AvgIpc) is 2.12. The van der Waals surface area contributed by atoms with Crippen molar-refractivity contribution in [2.75, 3.05) is 6.61 Å². The molecule has 0 bridgehead atoms. The number of carbonyl (C=O) groups is 1. The third kappa shape index (κ3) is 6.23. The summed E-state index contributed by atoms with van der Waals surface area (Å²) in [6.07, 6.45) is -6.84. The molecule has 0 rings (SSSR count). The number of carbonyl (C=O) groups excluding carboxylic acids is 1. The van der Waals surface area contributed by atoms with Crippen molar-refractivity contribution >= 4 is 44.0 Å². The van der Waals surface area contributed by atoms with Crippen LogP contribution in [0.3, 0.4) is 0 Å². The molecule has 0 amide bonds.